The van der Waals surface area contributed by atoms with Crippen molar-refractivity contribution in [2.45, 2.75) is 38.3 Å². The molecular formula is C22H23ClN2O3. The molecule has 5 atom stereocenters. The fourth-order valence-corrected chi connectivity index (χ4v) is 6.38. The molecule has 146 valence electrons. The maximum Gasteiger partial charge on any atom is 0.408 e. The second-order valence-electron chi connectivity index (χ2n) is 9.10. The highest BCUT2D eigenvalue weighted by Crippen LogP contribution is 2.67. The van der Waals surface area contributed by atoms with Gasteiger partial charge in [-0.15, -0.1) is 6.58 Å². The van der Waals surface area contributed by atoms with Gasteiger partial charge in [0.2, 0.25) is 5.91 Å². The number of amides is 2. The standard InChI is InChI=1S/C22H23ClN2O3/c1-6-21(4)14(23)10-12-17-22(21,24-19(27)28-17)11-8-7-9-13-15(11)16(20(12,2)3)18(26)25(13)5/h6-10,12,16-17H,1H2,2-5H3,(H,24,27)/t12-,16+,17-,21+,22+/m0/s1. The van der Waals surface area contributed by atoms with Crippen LogP contribution in [0.1, 0.15) is 37.8 Å². The van der Waals surface area contributed by atoms with Crippen molar-refractivity contribution < 1.29 is 14.3 Å². The van der Waals surface area contributed by atoms with Gasteiger partial charge in [0.05, 0.1) is 11.3 Å². The summed E-state index contributed by atoms with van der Waals surface area (Å²) in [4.78, 5) is 27.7. The van der Waals surface area contributed by atoms with Crippen LogP contribution in [0.2, 0.25) is 0 Å². The van der Waals surface area contributed by atoms with Crippen molar-refractivity contribution in [2.75, 3.05) is 11.9 Å². The topological polar surface area (TPSA) is 58.6 Å². The smallest absolute Gasteiger partial charge is 0.408 e. The number of alkyl carbamates (subject to hydrolysis) is 1. The van der Waals surface area contributed by atoms with Crippen LogP contribution in [-0.4, -0.2) is 25.2 Å². The summed E-state index contributed by atoms with van der Waals surface area (Å²) in [6.07, 6.45) is 2.81. The second kappa shape index (κ2) is 5.01. The van der Waals surface area contributed by atoms with Crippen molar-refractivity contribution in [3.63, 3.8) is 0 Å². The fraction of sp³-hybridized carbons (Fsp3) is 0.455. The predicted octanol–water partition coefficient (Wildman–Crippen LogP) is 4.03. The maximum atomic E-state index is 13.4. The van der Waals surface area contributed by atoms with E-state index < -0.39 is 28.6 Å². The molecule has 0 saturated carbocycles. The summed E-state index contributed by atoms with van der Waals surface area (Å²) in [7, 11) is 1.81. The number of likely N-dealkylation sites (N-methyl/N-ethyl adjacent to an activating group) is 1. The lowest BCUT2D eigenvalue weighted by Crippen LogP contribution is -2.61. The number of anilines is 1. The number of hydrogen-bond donors (Lipinski definition) is 1. The zero-order valence-corrected chi connectivity index (χ0v) is 17.1. The van der Waals surface area contributed by atoms with Crippen LogP contribution in [0.5, 0.6) is 0 Å². The number of carbonyl (C=O) groups is 2. The first kappa shape index (κ1) is 17.8. The van der Waals surface area contributed by atoms with E-state index >= 15 is 0 Å². The number of nitrogens with one attached hydrogen (secondary N) is 1. The number of nitrogens with zero attached hydrogens (tertiary/aromatic N) is 1. The summed E-state index contributed by atoms with van der Waals surface area (Å²) in [5.74, 6) is -0.511. The van der Waals surface area contributed by atoms with Gasteiger partial charge in [-0.1, -0.05) is 49.7 Å². The minimum atomic E-state index is -0.925. The summed E-state index contributed by atoms with van der Waals surface area (Å²) >= 11 is 6.86. The Bertz CT molecular complexity index is 999. The van der Waals surface area contributed by atoms with Crippen LogP contribution in [0, 0.1) is 16.7 Å². The van der Waals surface area contributed by atoms with Crippen LogP contribution in [-0.2, 0) is 15.1 Å². The first-order valence-electron chi connectivity index (χ1n) is 9.52. The zero-order valence-electron chi connectivity index (χ0n) is 16.4. The molecule has 0 unspecified atom stereocenters. The van der Waals surface area contributed by atoms with Gasteiger partial charge in [0.1, 0.15) is 11.6 Å². The van der Waals surface area contributed by atoms with E-state index in [1.807, 2.05) is 38.2 Å². The van der Waals surface area contributed by atoms with Crippen LogP contribution in [0.25, 0.3) is 0 Å². The van der Waals surface area contributed by atoms with Crippen molar-refractivity contribution >= 4 is 29.3 Å². The lowest BCUT2D eigenvalue weighted by atomic mass is 9.56. The average Bonchev–Trinajstić information content (AvgIpc) is 3.12. The third-order valence-electron chi connectivity index (χ3n) is 7.67. The monoisotopic (exact) mass is 398 g/mol. The lowest BCUT2D eigenvalue weighted by Gasteiger charge is -2.52. The third-order valence-corrected chi connectivity index (χ3v) is 8.19. The summed E-state index contributed by atoms with van der Waals surface area (Å²) in [6, 6.07) is 5.89. The van der Waals surface area contributed by atoms with Crippen LogP contribution < -0.4 is 10.2 Å². The summed E-state index contributed by atoms with van der Waals surface area (Å²) < 4.78 is 5.89. The van der Waals surface area contributed by atoms with E-state index in [2.05, 4.69) is 25.7 Å². The third kappa shape index (κ3) is 1.63. The normalized spacial score (nSPS) is 39.4. The van der Waals surface area contributed by atoms with E-state index in [4.69, 9.17) is 16.3 Å². The average molecular weight is 399 g/mol. The van der Waals surface area contributed by atoms with Gasteiger partial charge in [0, 0.05) is 23.7 Å². The maximum absolute atomic E-state index is 13.4. The molecule has 6 heteroatoms. The lowest BCUT2D eigenvalue weighted by molar-refractivity contribution is -0.122. The molecule has 1 fully saturated rings. The molecular weight excluding hydrogens is 376 g/mol. The van der Waals surface area contributed by atoms with Crippen molar-refractivity contribution in [3.05, 3.63) is 53.1 Å². The van der Waals surface area contributed by atoms with Crippen molar-refractivity contribution in [2.24, 2.45) is 16.7 Å². The molecule has 1 N–H and O–H groups in total. The fourth-order valence-electron chi connectivity index (χ4n) is 6.01. The Labute approximate surface area is 169 Å². The van der Waals surface area contributed by atoms with Gasteiger partial charge < -0.3 is 15.0 Å². The van der Waals surface area contributed by atoms with E-state index in [-0.39, 0.29) is 17.7 Å². The number of ether oxygens (including phenoxy) is 1. The van der Waals surface area contributed by atoms with Gasteiger partial charge in [0.15, 0.2) is 0 Å². The number of rotatable bonds is 1. The highest BCUT2D eigenvalue weighted by atomic mass is 35.5. The minimum Gasteiger partial charge on any atom is -0.443 e. The predicted molar refractivity (Wildman–Crippen MR) is 107 cm³/mol. The Morgan fingerprint density at radius 3 is 2.68 bits per heavy atom. The Balaban J connectivity index is 1.98. The van der Waals surface area contributed by atoms with Gasteiger partial charge in [-0.3, -0.25) is 4.79 Å². The largest absolute Gasteiger partial charge is 0.443 e. The van der Waals surface area contributed by atoms with Crippen molar-refractivity contribution in [3.8, 4) is 0 Å². The summed E-state index contributed by atoms with van der Waals surface area (Å²) in [6.45, 7) is 10.2. The van der Waals surface area contributed by atoms with E-state index in [0.717, 1.165) is 16.8 Å². The Hall–Kier alpha value is -2.27. The molecule has 2 amide bonds. The molecule has 2 aliphatic carbocycles. The van der Waals surface area contributed by atoms with Crippen LogP contribution >= 0.6 is 11.6 Å². The van der Waals surface area contributed by atoms with Crippen molar-refractivity contribution in [1.82, 2.24) is 5.32 Å². The van der Waals surface area contributed by atoms with Gasteiger partial charge in [-0.05, 0) is 29.5 Å². The van der Waals surface area contributed by atoms with Gasteiger partial charge in [-0.2, -0.15) is 0 Å². The Morgan fingerprint density at radius 2 is 2.00 bits per heavy atom. The van der Waals surface area contributed by atoms with Crippen molar-refractivity contribution in [1.29, 1.82) is 0 Å². The van der Waals surface area contributed by atoms with Crippen LogP contribution in [0.3, 0.4) is 0 Å². The molecule has 5 nitrogen and oxygen atoms in total. The zero-order chi connectivity index (χ0) is 20.2. The molecule has 1 aromatic rings. The van der Waals surface area contributed by atoms with Gasteiger partial charge >= 0.3 is 6.09 Å². The Kier molecular flexibility index (Phi) is 3.18. The molecule has 5 rings (SSSR count). The number of carbonyl (C=O) groups excluding carboxylic acids is 2. The quantitative estimate of drug-likeness (QED) is 0.726. The SMILES string of the molecule is C=C[C@]1(C)C(Cl)=C[C@H]2[C@@H]3OC(=O)N[C@]31c1cccc3c1[C@H](C(=O)N3C)C2(C)C. The summed E-state index contributed by atoms with van der Waals surface area (Å²) in [5, 5.41) is 3.74. The van der Waals surface area contributed by atoms with Gasteiger partial charge in [0.25, 0.3) is 0 Å². The number of halogens is 1. The molecule has 1 saturated heterocycles. The number of benzene rings is 1. The first-order chi connectivity index (χ1) is 13.1. The molecule has 0 spiro atoms. The van der Waals surface area contributed by atoms with E-state index in [1.165, 1.54) is 0 Å². The molecule has 2 aliphatic heterocycles. The minimum absolute atomic E-state index is 0.0608. The van der Waals surface area contributed by atoms with E-state index in [9.17, 15) is 9.59 Å². The van der Waals surface area contributed by atoms with Gasteiger partial charge in [-0.25, -0.2) is 4.79 Å². The molecule has 28 heavy (non-hydrogen) atoms. The van der Waals surface area contributed by atoms with Crippen LogP contribution in [0.4, 0.5) is 10.5 Å². The highest BCUT2D eigenvalue weighted by Gasteiger charge is 2.71. The molecule has 0 aromatic heterocycles. The molecule has 2 bridgehead atoms. The molecule has 0 radical (unpaired) electrons. The Morgan fingerprint density at radius 1 is 1.29 bits per heavy atom. The molecule has 2 heterocycles. The van der Waals surface area contributed by atoms with E-state index in [0.29, 0.717) is 5.03 Å². The number of hydrogen-bond acceptors (Lipinski definition) is 3. The second-order valence-corrected chi connectivity index (χ2v) is 9.50. The summed E-state index contributed by atoms with van der Waals surface area (Å²) in [5.41, 5.74) is 0.537. The van der Waals surface area contributed by atoms with Crippen LogP contribution in [0.15, 0.2) is 42.0 Å². The molecule has 1 aromatic carbocycles. The molecule has 4 aliphatic rings. The first-order valence-corrected chi connectivity index (χ1v) is 9.90. The highest BCUT2D eigenvalue weighted by molar-refractivity contribution is 6.30. The van der Waals surface area contributed by atoms with E-state index in [1.54, 1.807) is 11.0 Å².